The van der Waals surface area contributed by atoms with Crippen LogP contribution < -0.4 is 5.73 Å². The minimum atomic E-state index is -0.399. The van der Waals surface area contributed by atoms with E-state index in [-0.39, 0.29) is 18.4 Å². The van der Waals surface area contributed by atoms with Crippen molar-refractivity contribution in [1.82, 2.24) is 19.4 Å². The van der Waals surface area contributed by atoms with E-state index in [1.54, 1.807) is 23.2 Å². The molecule has 3 rings (SSSR count). The summed E-state index contributed by atoms with van der Waals surface area (Å²) in [4.78, 5) is 34.3. The van der Waals surface area contributed by atoms with Gasteiger partial charge in [-0.3, -0.25) is 14.6 Å². The molecule has 24 heavy (non-hydrogen) atoms. The summed E-state index contributed by atoms with van der Waals surface area (Å²) >= 11 is 0. The Morgan fingerprint density at radius 1 is 1.33 bits per heavy atom. The van der Waals surface area contributed by atoms with E-state index in [1.165, 1.54) is 0 Å². The number of hydrogen-bond donors (Lipinski definition) is 1. The van der Waals surface area contributed by atoms with E-state index in [9.17, 15) is 9.59 Å². The van der Waals surface area contributed by atoms with Crippen LogP contribution in [0.4, 0.5) is 0 Å². The van der Waals surface area contributed by atoms with Gasteiger partial charge in [-0.25, -0.2) is 4.98 Å². The third kappa shape index (κ3) is 3.45. The lowest BCUT2D eigenvalue weighted by Gasteiger charge is -2.32. The predicted molar refractivity (Wildman–Crippen MR) is 88.3 cm³/mol. The normalized spacial score (nSPS) is 17.7. The number of nitrogens with two attached hydrogens (primary N) is 1. The zero-order valence-corrected chi connectivity index (χ0v) is 13.7. The third-order valence-electron chi connectivity index (χ3n) is 4.31. The molecule has 0 radical (unpaired) electrons. The molecular formula is C17H21N5O2. The number of likely N-dealkylation sites (tertiary alicyclic amines) is 1. The Hall–Kier alpha value is -2.70. The van der Waals surface area contributed by atoms with E-state index in [1.807, 2.05) is 24.0 Å². The van der Waals surface area contributed by atoms with Crippen molar-refractivity contribution in [2.24, 2.45) is 5.73 Å². The molecule has 1 aliphatic rings. The van der Waals surface area contributed by atoms with Crippen molar-refractivity contribution in [3.63, 3.8) is 0 Å². The van der Waals surface area contributed by atoms with E-state index in [0.717, 1.165) is 30.9 Å². The molecule has 2 aromatic heterocycles. The summed E-state index contributed by atoms with van der Waals surface area (Å²) in [5, 5.41) is 0. The van der Waals surface area contributed by atoms with Gasteiger partial charge in [-0.05, 0) is 31.9 Å². The first kappa shape index (κ1) is 16.2. The molecule has 0 saturated carbocycles. The van der Waals surface area contributed by atoms with Crippen LogP contribution in [0.25, 0.3) is 0 Å². The van der Waals surface area contributed by atoms with Gasteiger partial charge < -0.3 is 15.2 Å². The molecular weight excluding hydrogens is 306 g/mol. The van der Waals surface area contributed by atoms with Gasteiger partial charge in [-0.15, -0.1) is 0 Å². The van der Waals surface area contributed by atoms with Gasteiger partial charge in [0.2, 0.25) is 5.91 Å². The number of nitrogens with zero attached hydrogens (tertiary/aromatic N) is 4. The van der Waals surface area contributed by atoms with E-state index in [0.29, 0.717) is 12.1 Å². The number of piperidine rings is 1. The van der Waals surface area contributed by atoms with Crippen molar-refractivity contribution in [3.8, 4) is 0 Å². The topological polar surface area (TPSA) is 94.1 Å². The third-order valence-corrected chi connectivity index (χ3v) is 4.31. The average molecular weight is 327 g/mol. The maximum Gasteiger partial charge on any atom is 0.255 e. The van der Waals surface area contributed by atoms with Crippen LogP contribution in [0.3, 0.4) is 0 Å². The van der Waals surface area contributed by atoms with Gasteiger partial charge in [0.15, 0.2) is 0 Å². The summed E-state index contributed by atoms with van der Waals surface area (Å²) in [6.07, 6.45) is 6.88. The first-order valence-electron chi connectivity index (χ1n) is 8.06. The number of rotatable bonds is 4. The maximum absolute atomic E-state index is 12.7. The van der Waals surface area contributed by atoms with E-state index >= 15 is 0 Å². The standard InChI is InChI=1S/C17H21N5O2/c1-12-4-5-13(9-20-12)17(24)22-7-2-3-14(10-22)16-19-6-8-21(16)11-15(18)23/h4-6,8-9,14H,2-3,7,10-11H2,1H3,(H2,18,23). The van der Waals surface area contributed by atoms with Gasteiger partial charge in [0.25, 0.3) is 5.91 Å². The van der Waals surface area contributed by atoms with Gasteiger partial charge in [0.05, 0.1) is 5.56 Å². The van der Waals surface area contributed by atoms with Gasteiger partial charge in [0, 0.05) is 43.3 Å². The monoisotopic (exact) mass is 327 g/mol. The minimum Gasteiger partial charge on any atom is -0.368 e. The van der Waals surface area contributed by atoms with E-state index < -0.39 is 5.91 Å². The predicted octanol–water partition coefficient (Wildman–Crippen LogP) is 1.09. The summed E-state index contributed by atoms with van der Waals surface area (Å²) in [7, 11) is 0. The van der Waals surface area contributed by atoms with Crippen molar-refractivity contribution in [2.45, 2.75) is 32.2 Å². The molecule has 1 fully saturated rings. The number of carbonyl (C=O) groups is 2. The molecule has 0 aromatic carbocycles. The summed E-state index contributed by atoms with van der Waals surface area (Å²) in [6.45, 7) is 3.31. The summed E-state index contributed by atoms with van der Waals surface area (Å²) in [6, 6.07) is 3.65. The number of primary amides is 1. The molecule has 0 spiro atoms. The van der Waals surface area contributed by atoms with Crippen LogP contribution in [0.15, 0.2) is 30.7 Å². The quantitative estimate of drug-likeness (QED) is 0.909. The molecule has 1 saturated heterocycles. The molecule has 3 heterocycles. The molecule has 2 aromatic rings. The first-order valence-corrected chi connectivity index (χ1v) is 8.06. The number of carbonyl (C=O) groups excluding carboxylic acids is 2. The van der Waals surface area contributed by atoms with Crippen molar-refractivity contribution < 1.29 is 9.59 Å². The molecule has 7 heteroatoms. The van der Waals surface area contributed by atoms with E-state index in [4.69, 9.17) is 5.73 Å². The number of hydrogen-bond acceptors (Lipinski definition) is 4. The lowest BCUT2D eigenvalue weighted by Crippen LogP contribution is -2.40. The van der Waals surface area contributed by atoms with Crippen LogP contribution in [-0.2, 0) is 11.3 Å². The maximum atomic E-state index is 12.7. The van der Waals surface area contributed by atoms with Gasteiger partial charge in [-0.1, -0.05) is 0 Å². The highest BCUT2D eigenvalue weighted by Crippen LogP contribution is 2.26. The van der Waals surface area contributed by atoms with Crippen LogP contribution in [-0.4, -0.2) is 44.3 Å². The van der Waals surface area contributed by atoms with Gasteiger partial charge in [-0.2, -0.15) is 0 Å². The van der Waals surface area contributed by atoms with Crippen molar-refractivity contribution in [2.75, 3.05) is 13.1 Å². The van der Waals surface area contributed by atoms with Crippen molar-refractivity contribution >= 4 is 11.8 Å². The average Bonchev–Trinajstić information content (AvgIpc) is 3.02. The molecule has 7 nitrogen and oxygen atoms in total. The van der Waals surface area contributed by atoms with Gasteiger partial charge >= 0.3 is 0 Å². The summed E-state index contributed by atoms with van der Waals surface area (Å²) in [5.74, 6) is 0.507. The molecule has 1 aliphatic heterocycles. The number of pyridine rings is 1. The van der Waals surface area contributed by atoms with Crippen molar-refractivity contribution in [3.05, 3.63) is 47.8 Å². The molecule has 1 unspecified atom stereocenters. The van der Waals surface area contributed by atoms with Crippen LogP contribution in [0.5, 0.6) is 0 Å². The molecule has 2 amide bonds. The first-order chi connectivity index (χ1) is 11.5. The Labute approximate surface area is 140 Å². The van der Waals surface area contributed by atoms with Crippen molar-refractivity contribution in [1.29, 1.82) is 0 Å². The summed E-state index contributed by atoms with van der Waals surface area (Å²) < 4.78 is 1.77. The lowest BCUT2D eigenvalue weighted by molar-refractivity contribution is -0.118. The van der Waals surface area contributed by atoms with E-state index in [2.05, 4.69) is 9.97 Å². The molecule has 0 bridgehead atoms. The number of imidazole rings is 1. The largest absolute Gasteiger partial charge is 0.368 e. The fraction of sp³-hybridized carbons (Fsp3) is 0.412. The van der Waals surface area contributed by atoms with Crippen LogP contribution in [0, 0.1) is 6.92 Å². The second-order valence-electron chi connectivity index (χ2n) is 6.16. The smallest absolute Gasteiger partial charge is 0.255 e. The molecule has 126 valence electrons. The highest BCUT2D eigenvalue weighted by atomic mass is 16.2. The Kier molecular flexibility index (Phi) is 4.59. The Morgan fingerprint density at radius 2 is 2.17 bits per heavy atom. The highest BCUT2D eigenvalue weighted by molar-refractivity contribution is 5.94. The Balaban J connectivity index is 1.75. The van der Waals surface area contributed by atoms with Crippen LogP contribution in [0.1, 0.15) is 40.6 Å². The number of amides is 2. The minimum absolute atomic E-state index is 0.0137. The number of aromatic nitrogens is 3. The SMILES string of the molecule is Cc1ccc(C(=O)N2CCCC(c3nccn3CC(N)=O)C2)cn1. The van der Waals surface area contributed by atoms with Gasteiger partial charge in [0.1, 0.15) is 12.4 Å². The second kappa shape index (κ2) is 6.82. The van der Waals surface area contributed by atoms with Crippen LogP contribution >= 0.6 is 0 Å². The molecule has 1 atom stereocenters. The lowest BCUT2D eigenvalue weighted by atomic mass is 9.96. The highest BCUT2D eigenvalue weighted by Gasteiger charge is 2.28. The fourth-order valence-corrected chi connectivity index (χ4v) is 3.13. The fourth-order valence-electron chi connectivity index (χ4n) is 3.13. The molecule has 2 N–H and O–H groups in total. The zero-order chi connectivity index (χ0) is 17.1. The van der Waals surface area contributed by atoms with Crippen LogP contribution in [0.2, 0.25) is 0 Å². The Bertz CT molecular complexity index is 738. The molecule has 0 aliphatic carbocycles. The summed E-state index contributed by atoms with van der Waals surface area (Å²) in [5.41, 5.74) is 6.77. The zero-order valence-electron chi connectivity index (χ0n) is 13.7. The second-order valence-corrected chi connectivity index (χ2v) is 6.16. The number of aryl methyl sites for hydroxylation is 1. The Morgan fingerprint density at radius 3 is 2.88 bits per heavy atom.